The van der Waals surface area contributed by atoms with Gasteiger partial charge in [-0.3, -0.25) is 9.59 Å². The molecular weight excluding hydrogens is 274 g/mol. The number of nitrogens with zero attached hydrogens (tertiary/aromatic N) is 5. The summed E-state index contributed by atoms with van der Waals surface area (Å²) >= 11 is 0. The predicted octanol–water partition coefficient (Wildman–Crippen LogP) is 0.209. The number of aliphatic carboxylic acids is 1. The third-order valence-corrected chi connectivity index (χ3v) is 3.44. The summed E-state index contributed by atoms with van der Waals surface area (Å²) in [5.74, 6) is -0.843. The molecular formula is C13H13N5O3. The Morgan fingerprint density at radius 2 is 1.95 bits per heavy atom. The molecule has 1 aromatic carbocycles. The molecule has 0 radical (unpaired) electrons. The van der Waals surface area contributed by atoms with E-state index in [1.807, 2.05) is 0 Å². The maximum Gasteiger partial charge on any atom is 0.303 e. The van der Waals surface area contributed by atoms with Crippen LogP contribution in [0.4, 0.5) is 0 Å². The van der Waals surface area contributed by atoms with Gasteiger partial charge in [0.15, 0.2) is 0 Å². The highest BCUT2D eigenvalue weighted by Gasteiger charge is 2.32. The van der Waals surface area contributed by atoms with Crippen molar-refractivity contribution >= 4 is 11.9 Å². The lowest BCUT2D eigenvalue weighted by molar-refractivity contribution is -0.139. The average molecular weight is 287 g/mol. The van der Waals surface area contributed by atoms with Gasteiger partial charge in [0.2, 0.25) is 0 Å². The molecule has 1 aromatic heterocycles. The quantitative estimate of drug-likeness (QED) is 0.862. The molecule has 1 aliphatic rings. The van der Waals surface area contributed by atoms with Gasteiger partial charge in [-0.15, -0.1) is 5.10 Å². The van der Waals surface area contributed by atoms with Crippen LogP contribution in [0.2, 0.25) is 0 Å². The van der Waals surface area contributed by atoms with E-state index in [-0.39, 0.29) is 18.2 Å². The van der Waals surface area contributed by atoms with Crippen molar-refractivity contribution < 1.29 is 14.7 Å². The predicted molar refractivity (Wildman–Crippen MR) is 70.8 cm³/mol. The summed E-state index contributed by atoms with van der Waals surface area (Å²) in [6.45, 7) is 1.000. The molecule has 108 valence electrons. The Kier molecular flexibility index (Phi) is 3.35. The fraction of sp³-hybridized carbons (Fsp3) is 0.308. The molecule has 3 rings (SSSR count). The lowest BCUT2D eigenvalue weighted by Gasteiger charge is -2.38. The number of carbonyl (C=O) groups is 2. The van der Waals surface area contributed by atoms with Gasteiger partial charge in [0.25, 0.3) is 5.91 Å². The van der Waals surface area contributed by atoms with Crippen LogP contribution < -0.4 is 0 Å². The first-order valence-electron chi connectivity index (χ1n) is 6.48. The Morgan fingerprint density at radius 1 is 1.24 bits per heavy atom. The molecule has 0 atom stereocenters. The molecule has 21 heavy (non-hydrogen) atoms. The lowest BCUT2D eigenvalue weighted by atomic mass is 9.95. The van der Waals surface area contributed by atoms with E-state index in [0.29, 0.717) is 18.7 Å². The lowest BCUT2D eigenvalue weighted by Crippen LogP contribution is -2.50. The van der Waals surface area contributed by atoms with Crippen molar-refractivity contribution in [3.8, 4) is 5.69 Å². The Hall–Kier alpha value is -2.77. The van der Waals surface area contributed by atoms with Gasteiger partial charge in [-0.2, -0.15) is 0 Å². The molecule has 2 aromatic rings. The minimum absolute atomic E-state index is 0.0620. The second kappa shape index (κ2) is 5.31. The fourth-order valence-corrected chi connectivity index (χ4v) is 2.33. The van der Waals surface area contributed by atoms with Gasteiger partial charge >= 0.3 is 5.97 Å². The van der Waals surface area contributed by atoms with E-state index in [1.54, 1.807) is 29.2 Å². The number of aromatic nitrogens is 4. The third-order valence-electron chi connectivity index (χ3n) is 3.44. The van der Waals surface area contributed by atoms with Crippen molar-refractivity contribution in [1.82, 2.24) is 25.1 Å². The number of benzene rings is 1. The van der Waals surface area contributed by atoms with E-state index >= 15 is 0 Å². The Labute approximate surface area is 120 Å². The molecule has 0 saturated carbocycles. The molecule has 1 amide bonds. The van der Waals surface area contributed by atoms with Crippen molar-refractivity contribution in [2.24, 2.45) is 5.92 Å². The van der Waals surface area contributed by atoms with Crippen molar-refractivity contribution in [2.45, 2.75) is 6.42 Å². The Morgan fingerprint density at radius 3 is 2.52 bits per heavy atom. The normalized spacial score (nSPS) is 14.8. The summed E-state index contributed by atoms with van der Waals surface area (Å²) in [7, 11) is 0. The first-order chi connectivity index (χ1) is 10.1. The van der Waals surface area contributed by atoms with Crippen LogP contribution in [0.5, 0.6) is 0 Å². The van der Waals surface area contributed by atoms with Crippen LogP contribution >= 0.6 is 0 Å². The van der Waals surface area contributed by atoms with Crippen LogP contribution in [0.3, 0.4) is 0 Å². The number of hydrogen-bond donors (Lipinski definition) is 1. The van der Waals surface area contributed by atoms with Crippen LogP contribution in [-0.4, -0.2) is 55.2 Å². The molecule has 1 aliphatic heterocycles. The third kappa shape index (κ3) is 2.73. The number of hydrogen-bond acceptors (Lipinski definition) is 5. The van der Waals surface area contributed by atoms with E-state index in [2.05, 4.69) is 15.5 Å². The van der Waals surface area contributed by atoms with Gasteiger partial charge in [-0.05, 0) is 34.7 Å². The van der Waals surface area contributed by atoms with Crippen LogP contribution in [0.25, 0.3) is 5.69 Å². The highest BCUT2D eigenvalue weighted by Crippen LogP contribution is 2.21. The number of carboxylic acid groups (broad SMARTS) is 1. The van der Waals surface area contributed by atoms with Crippen LogP contribution in [0, 0.1) is 5.92 Å². The molecule has 1 saturated heterocycles. The first kappa shape index (κ1) is 13.2. The zero-order chi connectivity index (χ0) is 14.8. The number of rotatable bonds is 4. The second-order valence-corrected chi connectivity index (χ2v) is 4.98. The highest BCUT2D eigenvalue weighted by molar-refractivity contribution is 5.95. The molecule has 2 heterocycles. The van der Waals surface area contributed by atoms with Crippen LogP contribution in [0.15, 0.2) is 30.6 Å². The topological polar surface area (TPSA) is 101 Å². The maximum absolute atomic E-state index is 12.2. The van der Waals surface area contributed by atoms with Crippen molar-refractivity contribution in [3.05, 3.63) is 36.2 Å². The number of carbonyl (C=O) groups excluding carboxylic acids is 1. The zero-order valence-electron chi connectivity index (χ0n) is 11.1. The summed E-state index contributed by atoms with van der Waals surface area (Å²) in [4.78, 5) is 24.4. The van der Waals surface area contributed by atoms with E-state index in [9.17, 15) is 9.59 Å². The summed E-state index contributed by atoms with van der Waals surface area (Å²) in [6.07, 6.45) is 1.59. The summed E-state index contributed by atoms with van der Waals surface area (Å²) in [6, 6.07) is 6.95. The average Bonchev–Trinajstić information content (AvgIpc) is 2.96. The monoisotopic (exact) mass is 287 g/mol. The molecule has 0 bridgehead atoms. The van der Waals surface area contributed by atoms with Gasteiger partial charge in [-0.25, -0.2) is 4.68 Å². The van der Waals surface area contributed by atoms with Gasteiger partial charge in [-0.1, -0.05) is 0 Å². The first-order valence-corrected chi connectivity index (χ1v) is 6.48. The van der Waals surface area contributed by atoms with E-state index in [0.717, 1.165) is 5.69 Å². The smallest absolute Gasteiger partial charge is 0.303 e. The number of carboxylic acids is 1. The molecule has 0 spiro atoms. The van der Waals surface area contributed by atoms with E-state index < -0.39 is 5.97 Å². The van der Waals surface area contributed by atoms with Crippen molar-refractivity contribution in [3.63, 3.8) is 0 Å². The Bertz CT molecular complexity index is 647. The highest BCUT2D eigenvalue weighted by atomic mass is 16.4. The van der Waals surface area contributed by atoms with Crippen molar-refractivity contribution in [2.75, 3.05) is 13.1 Å². The van der Waals surface area contributed by atoms with Crippen molar-refractivity contribution in [1.29, 1.82) is 0 Å². The van der Waals surface area contributed by atoms with Crippen LogP contribution in [-0.2, 0) is 4.79 Å². The molecule has 1 N–H and O–H groups in total. The summed E-state index contributed by atoms with van der Waals surface area (Å²) in [5.41, 5.74) is 1.34. The van der Waals surface area contributed by atoms with E-state index in [1.165, 1.54) is 11.0 Å². The number of amides is 1. The minimum atomic E-state index is -0.821. The van der Waals surface area contributed by atoms with Gasteiger partial charge in [0.1, 0.15) is 6.33 Å². The largest absolute Gasteiger partial charge is 0.481 e. The van der Waals surface area contributed by atoms with Crippen LogP contribution in [0.1, 0.15) is 16.8 Å². The molecule has 0 unspecified atom stereocenters. The summed E-state index contributed by atoms with van der Waals surface area (Å²) in [5, 5.41) is 19.6. The minimum Gasteiger partial charge on any atom is -0.481 e. The molecule has 8 heteroatoms. The molecule has 8 nitrogen and oxygen atoms in total. The zero-order valence-corrected chi connectivity index (χ0v) is 11.1. The number of likely N-dealkylation sites (tertiary alicyclic amines) is 1. The van der Waals surface area contributed by atoms with Gasteiger partial charge in [0, 0.05) is 24.6 Å². The standard InChI is InChI=1S/C13H13N5O3/c19-12(20)5-9-6-17(7-9)13(21)10-1-3-11(4-2-10)18-8-14-15-16-18/h1-4,8-9H,5-7H2,(H,19,20). The maximum atomic E-state index is 12.2. The Balaban J connectivity index is 1.63. The SMILES string of the molecule is O=C(O)CC1CN(C(=O)c2ccc(-n3cnnn3)cc2)C1. The van der Waals surface area contributed by atoms with E-state index in [4.69, 9.17) is 5.11 Å². The van der Waals surface area contributed by atoms with Gasteiger partial charge < -0.3 is 10.0 Å². The molecule has 1 fully saturated rings. The van der Waals surface area contributed by atoms with Gasteiger partial charge in [0.05, 0.1) is 12.1 Å². The summed E-state index contributed by atoms with van der Waals surface area (Å²) < 4.78 is 1.50. The molecule has 0 aliphatic carbocycles. The number of tetrazole rings is 1. The fourth-order valence-electron chi connectivity index (χ4n) is 2.33. The second-order valence-electron chi connectivity index (χ2n) is 4.98.